The normalized spacial score (nSPS) is 26.0. The van der Waals surface area contributed by atoms with Gasteiger partial charge in [0, 0.05) is 0 Å². The van der Waals surface area contributed by atoms with E-state index in [2.05, 4.69) is 11.1 Å². The van der Waals surface area contributed by atoms with Crippen LogP contribution in [0.15, 0.2) is 0 Å². The van der Waals surface area contributed by atoms with Gasteiger partial charge in [-0.3, -0.25) is 0 Å². The molecular weight excluding hydrogens is 649 g/mol. The number of hydrogen-bond acceptors (Lipinski definition) is 0. The van der Waals surface area contributed by atoms with Crippen LogP contribution in [0.5, 0.6) is 0 Å². The van der Waals surface area contributed by atoms with Gasteiger partial charge in [0.1, 0.15) is 0 Å². The van der Waals surface area contributed by atoms with Crippen LogP contribution in [0.25, 0.3) is 0 Å². The summed E-state index contributed by atoms with van der Waals surface area (Å²) in [6.45, 7) is 0. The lowest BCUT2D eigenvalue weighted by atomic mass is 9.60. The van der Waals surface area contributed by atoms with Crippen molar-refractivity contribution < 1.29 is 0 Å². The van der Waals surface area contributed by atoms with Gasteiger partial charge in [-0.25, -0.2) is 0 Å². The van der Waals surface area contributed by atoms with Gasteiger partial charge in [0.25, 0.3) is 0 Å². The maximum absolute atomic E-state index is 2.07. The van der Waals surface area contributed by atoms with E-state index in [1.54, 1.807) is 0 Å². The molecule has 0 unspecified atom stereocenters. The second kappa shape index (κ2) is 16.7. The fourth-order valence-electron chi connectivity index (χ4n) is 15.4. The molecule has 2 aromatic carbocycles. The predicted molar refractivity (Wildman–Crippen MR) is 230 cm³/mol. The van der Waals surface area contributed by atoms with Crippen LogP contribution in [0.2, 0.25) is 0 Å². The molecule has 0 heterocycles. The molecule has 0 amide bonds. The third kappa shape index (κ3) is 6.92. The van der Waals surface area contributed by atoms with Gasteiger partial charge in [-0.05, 0) is 218 Å². The first kappa shape index (κ1) is 36.8. The van der Waals surface area contributed by atoms with Crippen molar-refractivity contribution in [3.8, 4) is 0 Å². The summed E-state index contributed by atoms with van der Waals surface area (Å²) in [5.41, 5.74) is 24.1. The molecule has 6 saturated carbocycles. The highest BCUT2D eigenvalue weighted by atomic mass is 14.5. The van der Waals surface area contributed by atoms with Crippen LogP contribution in [0.4, 0.5) is 0 Å². The van der Waals surface area contributed by atoms with Crippen molar-refractivity contribution in [1.82, 2.24) is 0 Å². The van der Waals surface area contributed by atoms with Crippen molar-refractivity contribution in [1.29, 1.82) is 0 Å². The summed E-state index contributed by atoms with van der Waals surface area (Å²) in [6, 6.07) is 0. The molecule has 10 rings (SSSR count). The molecule has 8 aliphatic carbocycles. The van der Waals surface area contributed by atoms with Crippen LogP contribution in [-0.4, -0.2) is 0 Å². The standard InChI is InChI=1S/C54H78/c1-7-21-37(22-8-1)49-43-33-19-20-34-44(43)50(38-23-9-2-10-24-38)46-36-48-47(35-45(46)49)51(39-25-11-3-12-26-39)53(41-29-15-5-16-30-41)54(42-31-17-6-18-32-42)52(48)40-27-13-4-14-28-40/h37-42H,1-36H2. The van der Waals surface area contributed by atoms with E-state index in [1.165, 1.54) is 231 Å². The average Bonchev–Trinajstić information content (AvgIpc) is 3.26. The summed E-state index contributed by atoms with van der Waals surface area (Å²) >= 11 is 0. The van der Waals surface area contributed by atoms with E-state index in [0.717, 1.165) is 35.5 Å². The Balaban J connectivity index is 1.26. The summed E-state index contributed by atoms with van der Waals surface area (Å²) in [5, 5.41) is 0. The molecule has 0 atom stereocenters. The number of hydrogen-bond donors (Lipinski definition) is 0. The van der Waals surface area contributed by atoms with E-state index < -0.39 is 0 Å². The van der Waals surface area contributed by atoms with E-state index in [0.29, 0.717) is 0 Å². The monoisotopic (exact) mass is 727 g/mol. The zero-order valence-corrected chi connectivity index (χ0v) is 34.9. The minimum atomic E-state index is 0.835. The fourth-order valence-corrected chi connectivity index (χ4v) is 15.4. The van der Waals surface area contributed by atoms with E-state index in [-0.39, 0.29) is 0 Å². The Bertz CT molecular complexity index is 1480. The molecule has 0 saturated heterocycles. The van der Waals surface area contributed by atoms with Crippen LogP contribution in [0.1, 0.15) is 308 Å². The quantitative estimate of drug-likeness (QED) is 0.237. The molecule has 8 aliphatic rings. The second-order valence-electron chi connectivity index (χ2n) is 20.9. The van der Waals surface area contributed by atoms with E-state index >= 15 is 0 Å². The first-order chi connectivity index (χ1) is 26.8. The summed E-state index contributed by atoms with van der Waals surface area (Å²) in [6.07, 6.45) is 52.9. The zero-order chi connectivity index (χ0) is 35.8. The molecule has 294 valence electrons. The molecule has 0 heteroatoms. The first-order valence-electron chi connectivity index (χ1n) is 25.3. The van der Waals surface area contributed by atoms with E-state index in [4.69, 9.17) is 0 Å². The van der Waals surface area contributed by atoms with E-state index in [9.17, 15) is 0 Å². The molecule has 0 nitrogen and oxygen atoms in total. The Morgan fingerprint density at radius 1 is 0.185 bits per heavy atom. The van der Waals surface area contributed by atoms with E-state index in [1.807, 2.05) is 55.6 Å². The summed E-state index contributed by atoms with van der Waals surface area (Å²) in [5.74, 6) is 5.05. The Morgan fingerprint density at radius 3 is 0.685 bits per heavy atom. The third-order valence-electron chi connectivity index (χ3n) is 17.8. The minimum absolute atomic E-state index is 0.835. The van der Waals surface area contributed by atoms with Gasteiger partial charge < -0.3 is 0 Å². The Kier molecular flexibility index (Phi) is 11.4. The van der Waals surface area contributed by atoms with Gasteiger partial charge in [0.15, 0.2) is 0 Å². The highest BCUT2D eigenvalue weighted by Gasteiger charge is 2.41. The highest BCUT2D eigenvalue weighted by Crippen LogP contribution is 2.57. The van der Waals surface area contributed by atoms with Crippen molar-refractivity contribution >= 4 is 0 Å². The predicted octanol–water partition coefficient (Wildman–Crippen LogP) is 16.3. The molecule has 0 spiro atoms. The van der Waals surface area contributed by atoms with Gasteiger partial charge in [0.2, 0.25) is 0 Å². The molecule has 0 bridgehead atoms. The smallest absolute Gasteiger partial charge is 0.00140 e. The lowest BCUT2D eigenvalue weighted by Gasteiger charge is -2.44. The Morgan fingerprint density at radius 2 is 0.407 bits per heavy atom. The molecule has 6 fully saturated rings. The first-order valence-corrected chi connectivity index (χ1v) is 25.3. The van der Waals surface area contributed by atoms with Gasteiger partial charge in [-0.15, -0.1) is 0 Å². The van der Waals surface area contributed by atoms with Gasteiger partial charge in [-0.1, -0.05) is 116 Å². The molecule has 0 N–H and O–H groups in total. The van der Waals surface area contributed by atoms with Crippen molar-refractivity contribution in [2.24, 2.45) is 0 Å². The zero-order valence-electron chi connectivity index (χ0n) is 34.9. The number of benzene rings is 2. The lowest BCUT2D eigenvalue weighted by molar-refractivity contribution is 0.391. The van der Waals surface area contributed by atoms with Gasteiger partial charge in [-0.2, -0.15) is 0 Å². The van der Waals surface area contributed by atoms with Crippen LogP contribution in [0.3, 0.4) is 0 Å². The topological polar surface area (TPSA) is 0 Å². The van der Waals surface area contributed by atoms with Crippen LogP contribution in [0, 0.1) is 0 Å². The Labute approximate surface area is 332 Å². The maximum Gasteiger partial charge on any atom is -0.00140 e. The average molecular weight is 727 g/mol. The third-order valence-corrected chi connectivity index (χ3v) is 17.8. The van der Waals surface area contributed by atoms with Gasteiger partial charge >= 0.3 is 0 Å². The summed E-state index contributed by atoms with van der Waals surface area (Å²) in [4.78, 5) is 0. The molecule has 2 aromatic rings. The molecule has 0 aromatic heterocycles. The summed E-state index contributed by atoms with van der Waals surface area (Å²) < 4.78 is 0. The van der Waals surface area contributed by atoms with Crippen LogP contribution >= 0.6 is 0 Å². The fraction of sp³-hybridized carbons (Fsp3) is 0.778. The van der Waals surface area contributed by atoms with Crippen molar-refractivity contribution in [3.05, 3.63) is 66.8 Å². The lowest BCUT2D eigenvalue weighted by Crippen LogP contribution is -2.29. The largest absolute Gasteiger partial charge is 0.0533 e. The molecule has 0 radical (unpaired) electrons. The summed E-state index contributed by atoms with van der Waals surface area (Å²) in [7, 11) is 0. The number of fused-ring (bicyclic) bond motifs is 3. The maximum atomic E-state index is 2.07. The van der Waals surface area contributed by atoms with Crippen molar-refractivity contribution in [2.75, 3.05) is 0 Å². The van der Waals surface area contributed by atoms with Crippen molar-refractivity contribution in [2.45, 2.75) is 267 Å². The van der Waals surface area contributed by atoms with Crippen molar-refractivity contribution in [3.63, 3.8) is 0 Å². The van der Waals surface area contributed by atoms with Crippen LogP contribution < -0.4 is 0 Å². The number of rotatable bonds is 6. The van der Waals surface area contributed by atoms with Crippen LogP contribution in [-0.2, 0) is 25.7 Å². The Hall–Kier alpha value is -1.56. The minimum Gasteiger partial charge on any atom is -0.0533 e. The molecule has 54 heavy (non-hydrogen) atoms. The second-order valence-corrected chi connectivity index (χ2v) is 20.9. The van der Waals surface area contributed by atoms with Gasteiger partial charge in [0.05, 0.1) is 0 Å². The SMILES string of the molecule is C1CCC(c2c3c(c(C4CCCCC4)c4c2Cc2c(c(C5CCCCC5)c(C5CCCCC5)c(C5CCCCC5)c2C2CCCCC2)C4)CCCC3)CC1. The molecular formula is C54H78. The highest BCUT2D eigenvalue weighted by molar-refractivity contribution is 5.67. The molecule has 0 aliphatic heterocycles.